The summed E-state index contributed by atoms with van der Waals surface area (Å²) in [7, 11) is 0. The molecule has 3 rings (SSSR count). The molecular formula is C19H17ClF2N2O2. The van der Waals surface area contributed by atoms with Crippen LogP contribution in [0.15, 0.2) is 42.5 Å². The number of amides is 2. The van der Waals surface area contributed by atoms with Gasteiger partial charge in [-0.1, -0.05) is 23.7 Å². The SMILES string of the molecule is O=C(c1ccccc1F)N1CCCN(C(=O)c2ccc(F)cc2Cl)CC1. The number of benzene rings is 2. The van der Waals surface area contributed by atoms with Crippen LogP contribution in [0.25, 0.3) is 0 Å². The maximum Gasteiger partial charge on any atom is 0.256 e. The smallest absolute Gasteiger partial charge is 0.256 e. The van der Waals surface area contributed by atoms with E-state index >= 15 is 0 Å². The van der Waals surface area contributed by atoms with Crippen molar-refractivity contribution in [2.45, 2.75) is 6.42 Å². The number of carbonyl (C=O) groups is 2. The predicted octanol–water partition coefficient (Wildman–Crippen LogP) is 3.61. The first-order chi connectivity index (χ1) is 12.5. The van der Waals surface area contributed by atoms with Gasteiger partial charge in [-0.05, 0) is 36.8 Å². The molecule has 2 aromatic rings. The summed E-state index contributed by atoms with van der Waals surface area (Å²) >= 11 is 5.97. The van der Waals surface area contributed by atoms with Crippen molar-refractivity contribution in [1.29, 1.82) is 0 Å². The maximum absolute atomic E-state index is 13.8. The monoisotopic (exact) mass is 378 g/mol. The minimum atomic E-state index is -0.562. The fraction of sp³-hybridized carbons (Fsp3) is 0.263. The van der Waals surface area contributed by atoms with E-state index in [0.29, 0.717) is 26.1 Å². The Morgan fingerprint density at radius 3 is 2.08 bits per heavy atom. The van der Waals surface area contributed by atoms with E-state index in [1.54, 1.807) is 11.0 Å². The Balaban J connectivity index is 1.71. The van der Waals surface area contributed by atoms with Crippen molar-refractivity contribution in [1.82, 2.24) is 9.80 Å². The molecule has 0 bridgehead atoms. The summed E-state index contributed by atoms with van der Waals surface area (Å²) in [4.78, 5) is 28.3. The third kappa shape index (κ3) is 3.85. The van der Waals surface area contributed by atoms with Gasteiger partial charge in [-0.15, -0.1) is 0 Å². The first kappa shape index (κ1) is 18.3. The quantitative estimate of drug-likeness (QED) is 0.801. The predicted molar refractivity (Wildman–Crippen MR) is 94.2 cm³/mol. The molecule has 0 N–H and O–H groups in total. The lowest BCUT2D eigenvalue weighted by atomic mass is 10.2. The van der Waals surface area contributed by atoms with Crippen LogP contribution in [0.4, 0.5) is 8.78 Å². The largest absolute Gasteiger partial charge is 0.337 e. The van der Waals surface area contributed by atoms with Crippen LogP contribution in [-0.4, -0.2) is 47.8 Å². The minimum Gasteiger partial charge on any atom is -0.337 e. The molecule has 0 saturated carbocycles. The van der Waals surface area contributed by atoms with Gasteiger partial charge in [-0.25, -0.2) is 8.78 Å². The summed E-state index contributed by atoms with van der Waals surface area (Å²) in [6.07, 6.45) is 0.560. The zero-order valence-electron chi connectivity index (χ0n) is 13.9. The Hall–Kier alpha value is -2.47. The number of rotatable bonds is 2. The van der Waals surface area contributed by atoms with Crippen LogP contribution in [0, 0.1) is 11.6 Å². The minimum absolute atomic E-state index is 0.0221. The van der Waals surface area contributed by atoms with Gasteiger partial charge < -0.3 is 9.80 Å². The summed E-state index contributed by atoms with van der Waals surface area (Å²) < 4.78 is 27.0. The molecular weight excluding hydrogens is 362 g/mol. The molecule has 1 heterocycles. The zero-order chi connectivity index (χ0) is 18.7. The van der Waals surface area contributed by atoms with E-state index in [4.69, 9.17) is 11.6 Å². The van der Waals surface area contributed by atoms with E-state index in [9.17, 15) is 18.4 Å². The molecule has 0 unspecified atom stereocenters. The molecule has 1 saturated heterocycles. The lowest BCUT2D eigenvalue weighted by Crippen LogP contribution is -2.37. The molecule has 0 radical (unpaired) electrons. The van der Waals surface area contributed by atoms with Gasteiger partial charge in [0.05, 0.1) is 16.1 Å². The van der Waals surface area contributed by atoms with Crippen LogP contribution in [-0.2, 0) is 0 Å². The molecule has 4 nitrogen and oxygen atoms in total. The van der Waals surface area contributed by atoms with Crippen molar-refractivity contribution in [2.75, 3.05) is 26.2 Å². The van der Waals surface area contributed by atoms with Gasteiger partial charge >= 0.3 is 0 Å². The fourth-order valence-electron chi connectivity index (χ4n) is 2.96. The third-order valence-electron chi connectivity index (χ3n) is 4.34. The summed E-state index contributed by atoms with van der Waals surface area (Å²) in [5.74, 6) is -1.77. The maximum atomic E-state index is 13.8. The van der Waals surface area contributed by atoms with E-state index < -0.39 is 17.5 Å². The van der Waals surface area contributed by atoms with E-state index in [2.05, 4.69) is 0 Å². The van der Waals surface area contributed by atoms with Crippen LogP contribution in [0.3, 0.4) is 0 Å². The Kier molecular flexibility index (Phi) is 5.52. The third-order valence-corrected chi connectivity index (χ3v) is 4.65. The fourth-order valence-corrected chi connectivity index (χ4v) is 3.21. The van der Waals surface area contributed by atoms with Crippen LogP contribution in [0.2, 0.25) is 5.02 Å². The number of hydrogen-bond acceptors (Lipinski definition) is 2. The number of halogens is 3. The standard InChI is InChI=1S/C19H17ClF2N2O2/c20-16-12-13(21)6-7-14(16)18(25)23-8-3-9-24(11-10-23)19(26)15-4-1-2-5-17(15)22/h1-2,4-7,12H,3,8-11H2. The molecule has 0 atom stereocenters. The lowest BCUT2D eigenvalue weighted by Gasteiger charge is -2.22. The van der Waals surface area contributed by atoms with Gasteiger partial charge in [0.15, 0.2) is 0 Å². The Labute approximate surface area is 155 Å². The highest BCUT2D eigenvalue weighted by Crippen LogP contribution is 2.20. The van der Waals surface area contributed by atoms with Crippen molar-refractivity contribution in [3.05, 3.63) is 70.2 Å². The first-order valence-corrected chi connectivity index (χ1v) is 8.63. The Morgan fingerprint density at radius 2 is 1.46 bits per heavy atom. The van der Waals surface area contributed by atoms with Crippen LogP contribution in [0.1, 0.15) is 27.1 Å². The summed E-state index contributed by atoms with van der Waals surface area (Å²) in [6.45, 7) is 1.45. The zero-order valence-corrected chi connectivity index (χ0v) is 14.7. The number of hydrogen-bond donors (Lipinski definition) is 0. The van der Waals surface area contributed by atoms with Gasteiger partial charge in [-0.2, -0.15) is 0 Å². The van der Waals surface area contributed by atoms with Gasteiger partial charge in [0.2, 0.25) is 0 Å². The van der Waals surface area contributed by atoms with Gasteiger partial charge in [0, 0.05) is 26.2 Å². The second-order valence-electron chi connectivity index (χ2n) is 6.04. The van der Waals surface area contributed by atoms with E-state index in [1.165, 1.54) is 35.2 Å². The second kappa shape index (κ2) is 7.83. The van der Waals surface area contributed by atoms with Crippen LogP contribution < -0.4 is 0 Å². The Bertz CT molecular complexity index is 844. The average molecular weight is 379 g/mol. The molecule has 2 aromatic carbocycles. The molecule has 26 heavy (non-hydrogen) atoms. The summed E-state index contributed by atoms with van der Waals surface area (Å²) in [6, 6.07) is 9.47. The highest BCUT2D eigenvalue weighted by Gasteiger charge is 2.25. The topological polar surface area (TPSA) is 40.6 Å². The molecule has 0 spiro atoms. The highest BCUT2D eigenvalue weighted by molar-refractivity contribution is 6.33. The van der Waals surface area contributed by atoms with Gasteiger partial charge in [0.1, 0.15) is 11.6 Å². The van der Waals surface area contributed by atoms with Crippen molar-refractivity contribution in [3.63, 3.8) is 0 Å². The normalized spacial score (nSPS) is 14.9. The van der Waals surface area contributed by atoms with Crippen molar-refractivity contribution < 1.29 is 18.4 Å². The molecule has 1 aliphatic rings. The molecule has 0 aromatic heterocycles. The second-order valence-corrected chi connectivity index (χ2v) is 6.45. The van der Waals surface area contributed by atoms with Gasteiger partial charge in [-0.3, -0.25) is 9.59 Å². The van der Waals surface area contributed by atoms with Crippen LogP contribution >= 0.6 is 11.6 Å². The number of carbonyl (C=O) groups excluding carboxylic acids is 2. The molecule has 136 valence electrons. The Morgan fingerprint density at radius 1 is 0.846 bits per heavy atom. The average Bonchev–Trinajstić information content (AvgIpc) is 2.87. The summed E-state index contributed by atoms with van der Waals surface area (Å²) in [5, 5.41) is 0.0542. The van der Waals surface area contributed by atoms with Gasteiger partial charge in [0.25, 0.3) is 11.8 Å². The number of nitrogens with zero attached hydrogens (tertiary/aromatic N) is 2. The molecule has 1 aliphatic heterocycles. The van der Waals surface area contributed by atoms with E-state index in [1.807, 2.05) is 0 Å². The van der Waals surface area contributed by atoms with E-state index in [-0.39, 0.29) is 28.6 Å². The summed E-state index contributed by atoms with van der Waals surface area (Å²) in [5.41, 5.74) is 0.246. The molecule has 0 aliphatic carbocycles. The van der Waals surface area contributed by atoms with Crippen LogP contribution in [0.5, 0.6) is 0 Å². The lowest BCUT2D eigenvalue weighted by molar-refractivity contribution is 0.0716. The van der Waals surface area contributed by atoms with E-state index in [0.717, 1.165) is 6.07 Å². The molecule has 1 fully saturated rings. The molecule has 2 amide bonds. The van der Waals surface area contributed by atoms with Crippen molar-refractivity contribution >= 4 is 23.4 Å². The molecule has 7 heteroatoms. The van der Waals surface area contributed by atoms with Crippen molar-refractivity contribution in [3.8, 4) is 0 Å². The van der Waals surface area contributed by atoms with Crippen molar-refractivity contribution in [2.24, 2.45) is 0 Å². The highest BCUT2D eigenvalue weighted by atomic mass is 35.5. The first-order valence-electron chi connectivity index (χ1n) is 8.25.